The molecule has 0 amide bonds. The van der Waals surface area contributed by atoms with Crippen molar-refractivity contribution >= 4 is 15.9 Å². The molecular formula is C22H37BrO2. The lowest BCUT2D eigenvalue weighted by Gasteiger charge is -2.20. The van der Waals surface area contributed by atoms with E-state index in [0.717, 1.165) is 29.2 Å². The van der Waals surface area contributed by atoms with Gasteiger partial charge >= 0.3 is 0 Å². The minimum atomic E-state index is 0.625. The van der Waals surface area contributed by atoms with Gasteiger partial charge in [0.25, 0.3) is 0 Å². The summed E-state index contributed by atoms with van der Waals surface area (Å²) in [5, 5.41) is 0. The van der Waals surface area contributed by atoms with Gasteiger partial charge in [0.15, 0.2) is 11.5 Å². The van der Waals surface area contributed by atoms with E-state index in [4.69, 9.17) is 9.47 Å². The normalized spacial score (nSPS) is 13.5. The van der Waals surface area contributed by atoms with Crippen molar-refractivity contribution in [1.82, 2.24) is 0 Å². The first-order chi connectivity index (χ1) is 12.1. The molecule has 144 valence electrons. The summed E-state index contributed by atoms with van der Waals surface area (Å²) < 4.78 is 13.3. The highest BCUT2D eigenvalue weighted by molar-refractivity contribution is 9.10. The maximum atomic E-state index is 6.16. The van der Waals surface area contributed by atoms with Crippen LogP contribution < -0.4 is 9.47 Å². The van der Waals surface area contributed by atoms with E-state index in [1.807, 2.05) is 18.2 Å². The van der Waals surface area contributed by atoms with Gasteiger partial charge in [-0.3, -0.25) is 0 Å². The van der Waals surface area contributed by atoms with Gasteiger partial charge in [0.1, 0.15) is 0 Å². The van der Waals surface area contributed by atoms with Gasteiger partial charge in [0.2, 0.25) is 0 Å². The largest absolute Gasteiger partial charge is 0.489 e. The third-order valence-electron chi connectivity index (χ3n) is 4.94. The Balaban J connectivity index is 2.64. The van der Waals surface area contributed by atoms with Crippen molar-refractivity contribution in [2.45, 2.75) is 79.1 Å². The van der Waals surface area contributed by atoms with Crippen LogP contribution in [0, 0.1) is 11.8 Å². The molecule has 0 radical (unpaired) electrons. The Labute approximate surface area is 163 Å². The fourth-order valence-corrected chi connectivity index (χ4v) is 3.27. The van der Waals surface area contributed by atoms with Gasteiger partial charge in [-0.15, -0.1) is 0 Å². The van der Waals surface area contributed by atoms with Crippen LogP contribution in [0.25, 0.3) is 0 Å². The molecule has 2 unspecified atom stereocenters. The second kappa shape index (κ2) is 13.5. The van der Waals surface area contributed by atoms with Gasteiger partial charge in [-0.05, 0) is 42.9 Å². The Morgan fingerprint density at radius 3 is 1.80 bits per heavy atom. The third-order valence-corrected chi connectivity index (χ3v) is 5.43. The summed E-state index contributed by atoms with van der Waals surface area (Å²) in [7, 11) is 0. The topological polar surface area (TPSA) is 18.5 Å². The van der Waals surface area contributed by atoms with Crippen molar-refractivity contribution in [2.75, 3.05) is 13.2 Å². The third kappa shape index (κ3) is 8.99. The molecule has 2 atom stereocenters. The van der Waals surface area contributed by atoms with Gasteiger partial charge < -0.3 is 9.47 Å². The second-order valence-corrected chi connectivity index (χ2v) is 7.96. The summed E-state index contributed by atoms with van der Waals surface area (Å²) in [6.45, 7) is 10.6. The van der Waals surface area contributed by atoms with Gasteiger partial charge in [-0.25, -0.2) is 0 Å². The summed E-state index contributed by atoms with van der Waals surface area (Å²) in [6.07, 6.45) is 9.87. The van der Waals surface area contributed by atoms with Crippen molar-refractivity contribution in [2.24, 2.45) is 11.8 Å². The number of ether oxygens (including phenoxy) is 2. The molecule has 0 saturated carbocycles. The van der Waals surface area contributed by atoms with Crippen LogP contribution in [0.15, 0.2) is 22.7 Å². The highest BCUT2D eigenvalue weighted by Gasteiger charge is 2.13. The zero-order valence-corrected chi connectivity index (χ0v) is 18.2. The molecule has 0 heterocycles. The average Bonchev–Trinajstić information content (AvgIpc) is 2.63. The molecule has 1 rings (SSSR count). The van der Waals surface area contributed by atoms with Crippen LogP contribution in [0.1, 0.15) is 79.1 Å². The Morgan fingerprint density at radius 1 is 0.800 bits per heavy atom. The lowest BCUT2D eigenvalue weighted by molar-refractivity contribution is 0.199. The molecule has 0 bridgehead atoms. The van der Waals surface area contributed by atoms with Gasteiger partial charge in [-0.2, -0.15) is 0 Å². The minimum Gasteiger partial charge on any atom is -0.489 e. The van der Waals surface area contributed by atoms with E-state index in [1.165, 1.54) is 51.4 Å². The Bertz CT molecular complexity index is 461. The SMILES string of the molecule is CCCCC(CC)COc1ccc(Br)cc1OCC(CC)CCCC. The number of rotatable bonds is 14. The maximum absolute atomic E-state index is 6.16. The highest BCUT2D eigenvalue weighted by atomic mass is 79.9. The second-order valence-electron chi connectivity index (χ2n) is 7.05. The fraction of sp³-hybridized carbons (Fsp3) is 0.727. The molecule has 1 aromatic rings. The molecular weight excluding hydrogens is 376 g/mol. The zero-order valence-electron chi connectivity index (χ0n) is 16.7. The van der Waals surface area contributed by atoms with Gasteiger partial charge in [-0.1, -0.05) is 82.1 Å². The number of benzene rings is 1. The lowest BCUT2D eigenvalue weighted by atomic mass is 10.0. The maximum Gasteiger partial charge on any atom is 0.162 e. The Morgan fingerprint density at radius 2 is 1.32 bits per heavy atom. The monoisotopic (exact) mass is 412 g/mol. The molecule has 2 nitrogen and oxygen atoms in total. The molecule has 3 heteroatoms. The number of hydrogen-bond donors (Lipinski definition) is 0. The van der Waals surface area contributed by atoms with Crippen molar-refractivity contribution in [1.29, 1.82) is 0 Å². The highest BCUT2D eigenvalue weighted by Crippen LogP contribution is 2.32. The van der Waals surface area contributed by atoms with Gasteiger partial charge in [0, 0.05) is 4.47 Å². The van der Waals surface area contributed by atoms with E-state index in [0.29, 0.717) is 11.8 Å². The summed E-state index contributed by atoms with van der Waals surface area (Å²) in [6, 6.07) is 6.09. The standard InChI is InChI=1S/C22H37BrO2/c1-5-9-11-18(7-3)16-24-21-14-13-20(23)15-22(21)25-17-19(8-4)12-10-6-2/h13-15,18-19H,5-12,16-17H2,1-4H3. The summed E-state index contributed by atoms with van der Waals surface area (Å²) in [5.41, 5.74) is 0. The fourth-order valence-electron chi connectivity index (χ4n) is 2.93. The lowest BCUT2D eigenvalue weighted by Crippen LogP contribution is -2.14. The van der Waals surface area contributed by atoms with Crippen molar-refractivity contribution < 1.29 is 9.47 Å². The van der Waals surface area contributed by atoms with Crippen LogP contribution in [-0.4, -0.2) is 13.2 Å². The van der Waals surface area contributed by atoms with E-state index < -0.39 is 0 Å². The Hall–Kier alpha value is -0.700. The Kier molecular flexibility index (Phi) is 12.1. The van der Waals surface area contributed by atoms with E-state index >= 15 is 0 Å². The first-order valence-electron chi connectivity index (χ1n) is 10.2. The van der Waals surface area contributed by atoms with Crippen LogP contribution in [0.2, 0.25) is 0 Å². The summed E-state index contributed by atoms with van der Waals surface area (Å²) in [4.78, 5) is 0. The number of halogens is 1. The average molecular weight is 413 g/mol. The molecule has 0 aliphatic rings. The molecule has 0 fully saturated rings. The van der Waals surface area contributed by atoms with Crippen molar-refractivity contribution in [3.63, 3.8) is 0 Å². The van der Waals surface area contributed by atoms with Crippen LogP contribution in [0.5, 0.6) is 11.5 Å². The first kappa shape index (κ1) is 22.3. The molecule has 0 spiro atoms. The van der Waals surface area contributed by atoms with Crippen molar-refractivity contribution in [3.8, 4) is 11.5 Å². The van der Waals surface area contributed by atoms with Crippen molar-refractivity contribution in [3.05, 3.63) is 22.7 Å². The van der Waals surface area contributed by atoms with E-state index in [1.54, 1.807) is 0 Å². The predicted octanol–water partition coefficient (Wildman–Crippen LogP) is 7.64. The van der Waals surface area contributed by atoms with E-state index in [-0.39, 0.29) is 0 Å². The van der Waals surface area contributed by atoms with E-state index in [2.05, 4.69) is 43.6 Å². The van der Waals surface area contributed by atoms with Crippen LogP contribution in [0.3, 0.4) is 0 Å². The van der Waals surface area contributed by atoms with Crippen LogP contribution in [0.4, 0.5) is 0 Å². The van der Waals surface area contributed by atoms with Crippen LogP contribution in [-0.2, 0) is 0 Å². The predicted molar refractivity (Wildman–Crippen MR) is 112 cm³/mol. The van der Waals surface area contributed by atoms with Crippen LogP contribution >= 0.6 is 15.9 Å². The zero-order chi connectivity index (χ0) is 18.5. The number of unbranched alkanes of at least 4 members (excludes halogenated alkanes) is 2. The molecule has 0 N–H and O–H groups in total. The minimum absolute atomic E-state index is 0.625. The molecule has 0 aromatic heterocycles. The summed E-state index contributed by atoms with van der Waals surface area (Å²) in [5.74, 6) is 3.00. The van der Waals surface area contributed by atoms with Gasteiger partial charge in [0.05, 0.1) is 13.2 Å². The molecule has 25 heavy (non-hydrogen) atoms. The quantitative estimate of drug-likeness (QED) is 0.312. The number of hydrogen-bond acceptors (Lipinski definition) is 2. The smallest absolute Gasteiger partial charge is 0.162 e. The summed E-state index contributed by atoms with van der Waals surface area (Å²) >= 11 is 3.55. The molecule has 0 saturated heterocycles. The molecule has 0 aliphatic heterocycles. The molecule has 1 aromatic carbocycles. The van der Waals surface area contributed by atoms with E-state index in [9.17, 15) is 0 Å². The first-order valence-corrected chi connectivity index (χ1v) is 11.0. The molecule has 0 aliphatic carbocycles.